The van der Waals surface area contributed by atoms with Crippen molar-refractivity contribution in [1.82, 2.24) is 0 Å². The van der Waals surface area contributed by atoms with Crippen LogP contribution in [0.3, 0.4) is 0 Å². The first kappa shape index (κ1) is 19.5. The summed E-state index contributed by atoms with van der Waals surface area (Å²) in [6.07, 6.45) is 0. The predicted molar refractivity (Wildman–Crippen MR) is 109 cm³/mol. The molecule has 0 radical (unpaired) electrons. The van der Waals surface area contributed by atoms with Gasteiger partial charge in [-0.2, -0.15) is 0 Å². The van der Waals surface area contributed by atoms with Gasteiger partial charge in [-0.05, 0) is 26.0 Å². The van der Waals surface area contributed by atoms with Crippen LogP contribution >= 0.6 is 0 Å². The van der Waals surface area contributed by atoms with Gasteiger partial charge >= 0.3 is 0 Å². The maximum atomic E-state index is 13.5. The molecule has 6 heteroatoms. The van der Waals surface area contributed by atoms with Gasteiger partial charge in [-0.3, -0.25) is 19.2 Å². The van der Waals surface area contributed by atoms with E-state index in [1.54, 1.807) is 36.4 Å². The average molecular weight is 402 g/mol. The van der Waals surface area contributed by atoms with Crippen molar-refractivity contribution in [3.05, 3.63) is 80.9 Å². The maximum Gasteiger partial charge on any atom is 0.198 e. The zero-order valence-electron chi connectivity index (χ0n) is 16.9. The van der Waals surface area contributed by atoms with Crippen LogP contribution in [0.15, 0.2) is 58.7 Å². The van der Waals surface area contributed by atoms with E-state index >= 15 is 0 Å². The molecule has 0 aromatic heterocycles. The van der Waals surface area contributed by atoms with Gasteiger partial charge in [-0.15, -0.1) is 0 Å². The molecule has 6 nitrogen and oxygen atoms in total. The van der Waals surface area contributed by atoms with E-state index in [9.17, 15) is 19.2 Å². The van der Waals surface area contributed by atoms with Gasteiger partial charge in [0.1, 0.15) is 11.5 Å². The summed E-state index contributed by atoms with van der Waals surface area (Å²) in [5.41, 5.74) is 0.727. The molecule has 0 N–H and O–H groups in total. The number of benzene rings is 2. The lowest BCUT2D eigenvalue weighted by Gasteiger charge is -2.26. The number of Topliss-reactive ketones (excluding diaryl/α,β-unsaturated/α-hetero) is 4. The quantitative estimate of drug-likeness (QED) is 0.776. The molecule has 0 saturated heterocycles. The van der Waals surface area contributed by atoms with Crippen LogP contribution in [-0.2, 0) is 0 Å². The minimum Gasteiger partial charge on any atom is -0.496 e. The molecule has 2 aliphatic carbocycles. The van der Waals surface area contributed by atoms with Gasteiger partial charge in [0.25, 0.3) is 0 Å². The Morgan fingerprint density at radius 1 is 0.567 bits per heavy atom. The second-order valence-electron chi connectivity index (χ2n) is 7.08. The highest BCUT2D eigenvalue weighted by atomic mass is 16.5. The van der Waals surface area contributed by atoms with E-state index in [4.69, 9.17) is 9.47 Å². The number of fused-ring (bicyclic) bond motifs is 2. The highest BCUT2D eigenvalue weighted by molar-refractivity contribution is 6.37. The third-order valence-corrected chi connectivity index (χ3v) is 5.57. The Bertz CT molecular complexity index is 1140. The van der Waals surface area contributed by atoms with Crippen LogP contribution in [0.4, 0.5) is 0 Å². The molecule has 30 heavy (non-hydrogen) atoms. The third-order valence-electron chi connectivity index (χ3n) is 5.57. The lowest BCUT2D eigenvalue weighted by atomic mass is 9.74. The van der Waals surface area contributed by atoms with Crippen molar-refractivity contribution in [2.24, 2.45) is 0 Å². The molecule has 0 amide bonds. The lowest BCUT2D eigenvalue weighted by Crippen LogP contribution is -2.29. The Morgan fingerprint density at radius 2 is 0.933 bits per heavy atom. The van der Waals surface area contributed by atoms with E-state index in [1.165, 1.54) is 28.1 Å². The molecule has 0 bridgehead atoms. The first-order chi connectivity index (χ1) is 14.3. The summed E-state index contributed by atoms with van der Waals surface area (Å²) in [6, 6.07) is 9.51. The zero-order valence-corrected chi connectivity index (χ0v) is 16.9. The smallest absolute Gasteiger partial charge is 0.198 e. The van der Waals surface area contributed by atoms with Crippen molar-refractivity contribution in [2.75, 3.05) is 14.2 Å². The second-order valence-corrected chi connectivity index (χ2v) is 7.08. The molecule has 0 heterocycles. The van der Waals surface area contributed by atoms with Gasteiger partial charge in [0.2, 0.25) is 0 Å². The van der Waals surface area contributed by atoms with E-state index < -0.39 is 11.6 Å². The number of carbonyl (C=O) groups excluding carboxylic acids is 4. The van der Waals surface area contributed by atoms with Gasteiger partial charge in [-0.25, -0.2) is 0 Å². The minimum atomic E-state index is -0.520. The molecule has 0 atom stereocenters. The second kappa shape index (κ2) is 6.91. The highest BCUT2D eigenvalue weighted by Crippen LogP contribution is 2.41. The van der Waals surface area contributed by atoms with Crippen LogP contribution < -0.4 is 9.47 Å². The number of ketones is 4. The summed E-state index contributed by atoms with van der Waals surface area (Å²) in [6.45, 7) is 2.99. The number of hydrogen-bond acceptors (Lipinski definition) is 6. The molecule has 2 aliphatic rings. The van der Waals surface area contributed by atoms with Gasteiger partial charge in [-0.1, -0.05) is 24.3 Å². The fourth-order valence-electron chi connectivity index (χ4n) is 4.07. The van der Waals surface area contributed by atoms with Crippen LogP contribution in [0.5, 0.6) is 11.5 Å². The fraction of sp³-hybridized carbons (Fsp3) is 0.167. The normalized spacial score (nSPS) is 16.0. The number of allylic oxidation sites excluding steroid dienone is 4. The van der Waals surface area contributed by atoms with Gasteiger partial charge in [0.05, 0.1) is 25.3 Å². The molecular weight excluding hydrogens is 384 g/mol. The molecule has 0 spiro atoms. The largest absolute Gasteiger partial charge is 0.496 e. The molecule has 150 valence electrons. The predicted octanol–water partition coefficient (Wildman–Crippen LogP) is 3.80. The van der Waals surface area contributed by atoms with E-state index in [1.807, 2.05) is 0 Å². The lowest BCUT2D eigenvalue weighted by molar-refractivity contribution is 0.0950. The van der Waals surface area contributed by atoms with Crippen molar-refractivity contribution in [3.8, 4) is 11.5 Å². The standard InChI is InChI=1S/C24H18O6/c1-11-17(23(27)19-13(21(11)25)7-5-9-15(19)29-3)18-12(2)22(26)14-8-6-10-16(30-4)20(14)24(18)28/h5-10H,1-4H3. The van der Waals surface area contributed by atoms with E-state index in [0.29, 0.717) is 0 Å². The van der Waals surface area contributed by atoms with Gasteiger partial charge < -0.3 is 9.47 Å². The minimum absolute atomic E-state index is 0.0654. The first-order valence-corrected chi connectivity index (χ1v) is 9.28. The summed E-state index contributed by atoms with van der Waals surface area (Å²) in [7, 11) is 2.80. The summed E-state index contributed by atoms with van der Waals surface area (Å²) >= 11 is 0. The number of hydrogen-bond donors (Lipinski definition) is 0. The Kier molecular flexibility index (Phi) is 4.50. The molecule has 0 aliphatic heterocycles. The van der Waals surface area contributed by atoms with Crippen molar-refractivity contribution < 1.29 is 28.7 Å². The molecule has 0 fully saturated rings. The Morgan fingerprint density at radius 3 is 1.27 bits per heavy atom. The first-order valence-electron chi connectivity index (χ1n) is 9.28. The average Bonchev–Trinajstić information content (AvgIpc) is 2.76. The Balaban J connectivity index is 2.00. The van der Waals surface area contributed by atoms with Gasteiger partial charge in [0.15, 0.2) is 23.1 Å². The number of rotatable bonds is 3. The van der Waals surface area contributed by atoms with Crippen LogP contribution in [0.2, 0.25) is 0 Å². The summed E-state index contributed by atoms with van der Waals surface area (Å²) in [5.74, 6) is -1.33. The monoisotopic (exact) mass is 402 g/mol. The van der Waals surface area contributed by atoms with Gasteiger partial charge in [0, 0.05) is 33.4 Å². The molecular formula is C24H18O6. The van der Waals surface area contributed by atoms with Crippen LogP contribution in [0.25, 0.3) is 0 Å². The summed E-state index contributed by atoms with van der Waals surface area (Å²) in [5, 5.41) is 0. The SMILES string of the molecule is COc1cccc2c1C(=O)C(C1=C(C)C(=O)c3cccc(OC)c3C1=O)=C(C)C2=O. The van der Waals surface area contributed by atoms with Crippen molar-refractivity contribution >= 4 is 23.1 Å². The maximum absolute atomic E-state index is 13.5. The summed E-state index contributed by atoms with van der Waals surface area (Å²) < 4.78 is 10.6. The van der Waals surface area contributed by atoms with E-state index in [-0.39, 0.29) is 67.6 Å². The third kappa shape index (κ3) is 2.50. The fourth-order valence-corrected chi connectivity index (χ4v) is 4.07. The Hall–Kier alpha value is -3.80. The van der Waals surface area contributed by atoms with Crippen LogP contribution in [0.1, 0.15) is 55.3 Å². The van der Waals surface area contributed by atoms with Crippen LogP contribution in [0, 0.1) is 0 Å². The number of ether oxygens (including phenoxy) is 2. The summed E-state index contributed by atoms with van der Waals surface area (Å²) in [4.78, 5) is 53.1. The van der Waals surface area contributed by atoms with Crippen LogP contribution in [-0.4, -0.2) is 37.4 Å². The molecule has 2 aromatic rings. The molecule has 4 rings (SSSR count). The highest BCUT2D eigenvalue weighted by Gasteiger charge is 2.41. The van der Waals surface area contributed by atoms with E-state index in [0.717, 1.165) is 0 Å². The van der Waals surface area contributed by atoms with Crippen molar-refractivity contribution in [3.63, 3.8) is 0 Å². The molecule has 0 saturated carbocycles. The Labute approximate surface area is 172 Å². The van der Waals surface area contributed by atoms with Crippen molar-refractivity contribution in [1.29, 1.82) is 0 Å². The van der Waals surface area contributed by atoms with E-state index in [2.05, 4.69) is 0 Å². The topological polar surface area (TPSA) is 86.7 Å². The number of methoxy groups -OCH3 is 2. The van der Waals surface area contributed by atoms with Crippen molar-refractivity contribution in [2.45, 2.75) is 13.8 Å². The zero-order chi connectivity index (χ0) is 21.7. The molecule has 0 unspecified atom stereocenters. The molecule has 2 aromatic carbocycles. The number of carbonyl (C=O) groups is 4.